The van der Waals surface area contributed by atoms with Crippen LogP contribution < -0.4 is 4.74 Å². The van der Waals surface area contributed by atoms with Gasteiger partial charge in [-0.3, -0.25) is 4.79 Å². The standard InChI is InChI=1S/C22H25N3O2S/c1-5-25-21(13-27-18-9-7-6-8-10-18)23-24-22(25)28-14-20(26)19-12-16(3)15(2)11-17(19)4/h6-12H,5,13-14H2,1-4H3. The van der Waals surface area contributed by atoms with Gasteiger partial charge in [0.1, 0.15) is 12.4 Å². The number of benzene rings is 2. The molecule has 0 unspecified atom stereocenters. The van der Waals surface area contributed by atoms with Crippen LogP contribution in [0.3, 0.4) is 0 Å². The quantitative estimate of drug-likeness (QED) is 0.406. The fourth-order valence-corrected chi connectivity index (χ4v) is 3.89. The summed E-state index contributed by atoms with van der Waals surface area (Å²) in [5.74, 6) is 1.99. The first-order valence-corrected chi connectivity index (χ1v) is 10.3. The lowest BCUT2D eigenvalue weighted by Gasteiger charge is -2.10. The summed E-state index contributed by atoms with van der Waals surface area (Å²) in [6.45, 7) is 9.18. The smallest absolute Gasteiger partial charge is 0.191 e. The van der Waals surface area contributed by atoms with Crippen LogP contribution in [0.15, 0.2) is 47.6 Å². The van der Waals surface area contributed by atoms with E-state index in [-0.39, 0.29) is 5.78 Å². The fraction of sp³-hybridized carbons (Fsp3) is 0.318. The zero-order chi connectivity index (χ0) is 20.1. The van der Waals surface area contributed by atoms with Crippen LogP contribution in [0.4, 0.5) is 0 Å². The summed E-state index contributed by atoms with van der Waals surface area (Å²) in [5, 5.41) is 9.25. The molecule has 0 aliphatic heterocycles. The Hall–Kier alpha value is -2.60. The minimum absolute atomic E-state index is 0.110. The highest BCUT2D eigenvalue weighted by Crippen LogP contribution is 2.22. The highest BCUT2D eigenvalue weighted by atomic mass is 32.2. The molecule has 1 heterocycles. The molecule has 0 saturated carbocycles. The van der Waals surface area contributed by atoms with E-state index in [1.807, 2.05) is 61.7 Å². The zero-order valence-corrected chi connectivity index (χ0v) is 17.5. The van der Waals surface area contributed by atoms with Crippen molar-refractivity contribution in [3.8, 4) is 5.75 Å². The van der Waals surface area contributed by atoms with Crippen molar-refractivity contribution in [2.75, 3.05) is 5.75 Å². The van der Waals surface area contributed by atoms with Gasteiger partial charge in [-0.2, -0.15) is 0 Å². The SMILES string of the molecule is CCn1c(COc2ccccc2)nnc1SCC(=O)c1cc(C)c(C)cc1C. The third-order valence-electron chi connectivity index (χ3n) is 4.69. The number of aryl methyl sites for hydroxylation is 3. The summed E-state index contributed by atoms with van der Waals surface area (Å²) in [4.78, 5) is 12.7. The van der Waals surface area contributed by atoms with Crippen LogP contribution in [0.25, 0.3) is 0 Å². The second-order valence-electron chi connectivity index (χ2n) is 6.71. The molecular weight excluding hydrogens is 370 g/mol. The molecule has 0 amide bonds. The summed E-state index contributed by atoms with van der Waals surface area (Å²) in [6.07, 6.45) is 0. The minimum atomic E-state index is 0.110. The third-order valence-corrected chi connectivity index (χ3v) is 5.66. The van der Waals surface area contributed by atoms with E-state index >= 15 is 0 Å². The average Bonchev–Trinajstić information content (AvgIpc) is 3.10. The van der Waals surface area contributed by atoms with Crippen LogP contribution in [0.2, 0.25) is 0 Å². The number of ketones is 1. The molecular formula is C22H25N3O2S. The number of hydrogen-bond acceptors (Lipinski definition) is 5. The molecule has 0 atom stereocenters. The van der Waals surface area contributed by atoms with Gasteiger partial charge in [0, 0.05) is 12.1 Å². The molecule has 5 nitrogen and oxygen atoms in total. The second kappa shape index (κ2) is 9.06. The van der Waals surface area contributed by atoms with E-state index in [1.54, 1.807) is 0 Å². The van der Waals surface area contributed by atoms with Crippen molar-refractivity contribution in [2.24, 2.45) is 0 Å². The monoisotopic (exact) mass is 395 g/mol. The lowest BCUT2D eigenvalue weighted by molar-refractivity contribution is 0.102. The molecule has 0 aliphatic rings. The van der Waals surface area contributed by atoms with E-state index in [1.165, 1.54) is 17.3 Å². The van der Waals surface area contributed by atoms with E-state index in [9.17, 15) is 4.79 Å². The first-order chi connectivity index (χ1) is 13.5. The maximum absolute atomic E-state index is 12.7. The molecule has 2 aromatic carbocycles. The number of hydrogen-bond donors (Lipinski definition) is 0. The number of aromatic nitrogens is 3. The topological polar surface area (TPSA) is 57.0 Å². The van der Waals surface area contributed by atoms with Crippen molar-refractivity contribution >= 4 is 17.5 Å². The van der Waals surface area contributed by atoms with Gasteiger partial charge < -0.3 is 9.30 Å². The Kier molecular flexibility index (Phi) is 6.52. The Morgan fingerprint density at radius 3 is 2.46 bits per heavy atom. The normalized spacial score (nSPS) is 10.9. The predicted molar refractivity (Wildman–Crippen MR) is 112 cm³/mol. The lowest BCUT2D eigenvalue weighted by Crippen LogP contribution is -2.09. The summed E-state index contributed by atoms with van der Waals surface area (Å²) in [7, 11) is 0. The summed E-state index contributed by atoms with van der Waals surface area (Å²) in [5.41, 5.74) is 4.14. The molecule has 6 heteroatoms. The number of carbonyl (C=O) groups is 1. The Bertz CT molecular complexity index is 967. The van der Waals surface area contributed by atoms with Gasteiger partial charge in [0.25, 0.3) is 0 Å². The van der Waals surface area contributed by atoms with Crippen LogP contribution >= 0.6 is 11.8 Å². The minimum Gasteiger partial charge on any atom is -0.486 e. The molecule has 3 aromatic rings. The maximum atomic E-state index is 12.7. The highest BCUT2D eigenvalue weighted by Gasteiger charge is 2.16. The highest BCUT2D eigenvalue weighted by molar-refractivity contribution is 7.99. The van der Waals surface area contributed by atoms with Gasteiger partial charge in [-0.05, 0) is 62.6 Å². The van der Waals surface area contributed by atoms with Crippen LogP contribution in [0.5, 0.6) is 5.75 Å². The van der Waals surface area contributed by atoms with Gasteiger partial charge in [-0.15, -0.1) is 10.2 Å². The Labute approximate surface area is 170 Å². The first-order valence-electron chi connectivity index (χ1n) is 9.33. The van der Waals surface area contributed by atoms with E-state index < -0.39 is 0 Å². The molecule has 0 saturated heterocycles. The van der Waals surface area contributed by atoms with Crippen molar-refractivity contribution in [2.45, 2.75) is 46.0 Å². The fourth-order valence-electron chi connectivity index (χ4n) is 2.98. The van der Waals surface area contributed by atoms with Gasteiger partial charge in [0.2, 0.25) is 0 Å². The van der Waals surface area contributed by atoms with Crippen molar-refractivity contribution in [3.63, 3.8) is 0 Å². The Balaban J connectivity index is 1.67. The van der Waals surface area contributed by atoms with Crippen molar-refractivity contribution in [3.05, 3.63) is 70.5 Å². The van der Waals surface area contributed by atoms with E-state index in [0.717, 1.165) is 40.0 Å². The number of carbonyl (C=O) groups excluding carboxylic acids is 1. The number of ether oxygens (including phenoxy) is 1. The second-order valence-corrected chi connectivity index (χ2v) is 7.65. The van der Waals surface area contributed by atoms with Crippen LogP contribution in [0.1, 0.15) is 39.8 Å². The van der Waals surface area contributed by atoms with Crippen molar-refractivity contribution in [1.82, 2.24) is 14.8 Å². The molecule has 0 N–H and O–H groups in total. The molecule has 0 bridgehead atoms. The van der Waals surface area contributed by atoms with Crippen molar-refractivity contribution < 1.29 is 9.53 Å². The number of rotatable bonds is 8. The lowest BCUT2D eigenvalue weighted by atomic mass is 9.99. The summed E-state index contributed by atoms with van der Waals surface area (Å²) < 4.78 is 7.78. The molecule has 0 radical (unpaired) electrons. The van der Waals surface area contributed by atoms with E-state index in [4.69, 9.17) is 4.74 Å². The maximum Gasteiger partial charge on any atom is 0.191 e. The summed E-state index contributed by atoms with van der Waals surface area (Å²) in [6, 6.07) is 13.7. The Morgan fingerprint density at radius 1 is 1.04 bits per heavy atom. The van der Waals surface area contributed by atoms with Crippen molar-refractivity contribution in [1.29, 1.82) is 0 Å². The molecule has 0 fully saturated rings. The number of Topliss-reactive ketones (excluding diaryl/α,β-unsaturated/α-hetero) is 1. The molecule has 3 rings (SSSR count). The predicted octanol–water partition coefficient (Wildman–Crippen LogP) is 4.78. The molecule has 1 aromatic heterocycles. The largest absolute Gasteiger partial charge is 0.486 e. The number of nitrogens with zero attached hydrogens (tertiary/aromatic N) is 3. The molecule has 146 valence electrons. The average molecular weight is 396 g/mol. The molecule has 0 aliphatic carbocycles. The molecule has 28 heavy (non-hydrogen) atoms. The van der Waals surface area contributed by atoms with Gasteiger partial charge in [0.15, 0.2) is 16.8 Å². The molecule has 0 spiro atoms. The summed E-state index contributed by atoms with van der Waals surface area (Å²) >= 11 is 1.42. The van der Waals surface area contributed by atoms with E-state index in [0.29, 0.717) is 12.4 Å². The van der Waals surface area contributed by atoms with E-state index in [2.05, 4.69) is 23.2 Å². The first kappa shape index (κ1) is 20.1. The van der Waals surface area contributed by atoms with Gasteiger partial charge in [-0.1, -0.05) is 36.0 Å². The van der Waals surface area contributed by atoms with Crippen LogP contribution in [0, 0.1) is 20.8 Å². The van der Waals surface area contributed by atoms with Crippen LogP contribution in [-0.4, -0.2) is 26.3 Å². The number of para-hydroxylation sites is 1. The van der Waals surface area contributed by atoms with Gasteiger partial charge in [0.05, 0.1) is 5.75 Å². The Morgan fingerprint density at radius 2 is 1.75 bits per heavy atom. The van der Waals surface area contributed by atoms with Gasteiger partial charge in [-0.25, -0.2) is 0 Å². The third kappa shape index (κ3) is 4.62. The van der Waals surface area contributed by atoms with Gasteiger partial charge >= 0.3 is 0 Å². The number of thioether (sulfide) groups is 1. The zero-order valence-electron chi connectivity index (χ0n) is 16.7. The van der Waals surface area contributed by atoms with Crippen LogP contribution in [-0.2, 0) is 13.2 Å².